The third-order valence-corrected chi connectivity index (χ3v) is 5.26. The van der Waals surface area contributed by atoms with Crippen LogP contribution >= 0.6 is 27.5 Å². The standard InChI is InChI=1S/C15H22BrClN2/c1-3-11(2)15-10-19(8-4-7-18-15)12-5-6-13(16)14(17)9-12/h5-6,9,11,15,18H,3-4,7-8,10H2,1-2H3. The number of nitrogens with one attached hydrogen (secondary N) is 1. The summed E-state index contributed by atoms with van der Waals surface area (Å²) in [5.74, 6) is 0.700. The fourth-order valence-corrected chi connectivity index (χ4v) is 2.95. The van der Waals surface area contributed by atoms with E-state index in [9.17, 15) is 0 Å². The largest absolute Gasteiger partial charge is 0.370 e. The smallest absolute Gasteiger partial charge is 0.0568 e. The maximum absolute atomic E-state index is 6.21. The van der Waals surface area contributed by atoms with E-state index in [1.54, 1.807) is 0 Å². The van der Waals surface area contributed by atoms with Crippen molar-refractivity contribution in [1.29, 1.82) is 0 Å². The second-order valence-corrected chi connectivity index (χ2v) is 6.61. The van der Waals surface area contributed by atoms with Crippen molar-refractivity contribution < 1.29 is 0 Å². The van der Waals surface area contributed by atoms with Crippen molar-refractivity contribution in [2.75, 3.05) is 24.5 Å². The number of benzene rings is 1. The molecule has 2 rings (SSSR count). The van der Waals surface area contributed by atoms with E-state index in [1.807, 2.05) is 6.07 Å². The normalized spacial score (nSPS) is 22.1. The van der Waals surface area contributed by atoms with Crippen molar-refractivity contribution in [3.8, 4) is 0 Å². The maximum atomic E-state index is 6.21. The van der Waals surface area contributed by atoms with Crippen LogP contribution in [-0.4, -0.2) is 25.7 Å². The van der Waals surface area contributed by atoms with E-state index < -0.39 is 0 Å². The Morgan fingerprint density at radius 1 is 1.53 bits per heavy atom. The van der Waals surface area contributed by atoms with Gasteiger partial charge in [-0.05, 0) is 53.0 Å². The van der Waals surface area contributed by atoms with Crippen LogP contribution in [0.3, 0.4) is 0 Å². The van der Waals surface area contributed by atoms with Gasteiger partial charge in [-0.15, -0.1) is 0 Å². The van der Waals surface area contributed by atoms with Gasteiger partial charge in [-0.2, -0.15) is 0 Å². The van der Waals surface area contributed by atoms with Gasteiger partial charge >= 0.3 is 0 Å². The number of nitrogens with zero attached hydrogens (tertiary/aromatic N) is 1. The summed E-state index contributed by atoms with van der Waals surface area (Å²) in [5, 5.41) is 4.46. The first-order chi connectivity index (χ1) is 9.11. The van der Waals surface area contributed by atoms with Crippen LogP contribution in [0.5, 0.6) is 0 Å². The molecule has 0 spiro atoms. The summed E-state index contributed by atoms with van der Waals surface area (Å²) in [7, 11) is 0. The number of hydrogen-bond donors (Lipinski definition) is 1. The molecule has 2 nitrogen and oxygen atoms in total. The molecule has 1 aromatic carbocycles. The minimum Gasteiger partial charge on any atom is -0.370 e. The third kappa shape index (κ3) is 3.87. The zero-order valence-corrected chi connectivity index (χ0v) is 14.0. The topological polar surface area (TPSA) is 15.3 Å². The highest BCUT2D eigenvalue weighted by atomic mass is 79.9. The lowest BCUT2D eigenvalue weighted by Gasteiger charge is -2.29. The van der Waals surface area contributed by atoms with Crippen LogP contribution in [0.4, 0.5) is 5.69 Å². The Hall–Kier alpha value is -0.250. The van der Waals surface area contributed by atoms with Crippen molar-refractivity contribution in [1.82, 2.24) is 5.32 Å². The van der Waals surface area contributed by atoms with Crippen LogP contribution in [0.15, 0.2) is 22.7 Å². The van der Waals surface area contributed by atoms with Crippen LogP contribution < -0.4 is 10.2 Å². The molecule has 1 saturated heterocycles. The Labute approximate surface area is 129 Å². The molecular weight excluding hydrogens is 324 g/mol. The first kappa shape index (κ1) is 15.1. The summed E-state index contributed by atoms with van der Waals surface area (Å²) in [4.78, 5) is 2.45. The average molecular weight is 346 g/mol. The minimum atomic E-state index is 0.565. The summed E-state index contributed by atoms with van der Waals surface area (Å²) in [5.41, 5.74) is 1.23. The average Bonchev–Trinajstić information content (AvgIpc) is 2.67. The molecule has 4 heteroatoms. The SMILES string of the molecule is CCC(C)C1CN(c2ccc(Br)c(Cl)c2)CCCN1. The van der Waals surface area contributed by atoms with Crippen LogP contribution in [0.1, 0.15) is 26.7 Å². The van der Waals surface area contributed by atoms with Crippen LogP contribution in [-0.2, 0) is 0 Å². The third-order valence-electron chi connectivity index (χ3n) is 4.03. The Kier molecular flexibility index (Phi) is 5.55. The fraction of sp³-hybridized carbons (Fsp3) is 0.600. The van der Waals surface area contributed by atoms with Crippen molar-refractivity contribution in [2.45, 2.75) is 32.7 Å². The van der Waals surface area contributed by atoms with Gasteiger partial charge in [0.15, 0.2) is 0 Å². The highest BCUT2D eigenvalue weighted by Crippen LogP contribution is 2.28. The van der Waals surface area contributed by atoms with Gasteiger partial charge in [0, 0.05) is 29.3 Å². The van der Waals surface area contributed by atoms with E-state index >= 15 is 0 Å². The summed E-state index contributed by atoms with van der Waals surface area (Å²) >= 11 is 9.66. The second kappa shape index (κ2) is 6.96. The second-order valence-electron chi connectivity index (χ2n) is 5.34. The molecule has 0 radical (unpaired) electrons. The van der Waals surface area contributed by atoms with Gasteiger partial charge in [-0.3, -0.25) is 0 Å². The molecule has 106 valence electrons. The van der Waals surface area contributed by atoms with Gasteiger partial charge in [0.25, 0.3) is 0 Å². The first-order valence-corrected chi connectivity index (χ1v) is 8.22. The Balaban J connectivity index is 2.15. The molecule has 0 saturated carbocycles. The minimum absolute atomic E-state index is 0.565. The van der Waals surface area contributed by atoms with E-state index in [1.165, 1.54) is 18.5 Å². The van der Waals surface area contributed by atoms with E-state index in [0.717, 1.165) is 29.1 Å². The Morgan fingerprint density at radius 2 is 2.32 bits per heavy atom. The zero-order chi connectivity index (χ0) is 13.8. The molecule has 1 N–H and O–H groups in total. The van der Waals surface area contributed by atoms with Gasteiger partial charge in [-0.25, -0.2) is 0 Å². The Morgan fingerprint density at radius 3 is 3.00 bits per heavy atom. The van der Waals surface area contributed by atoms with Crippen molar-refractivity contribution >= 4 is 33.2 Å². The first-order valence-electron chi connectivity index (χ1n) is 7.05. The number of rotatable bonds is 3. The molecule has 1 heterocycles. The molecule has 2 atom stereocenters. The summed E-state index contributed by atoms with van der Waals surface area (Å²) in [6.07, 6.45) is 2.40. The molecule has 19 heavy (non-hydrogen) atoms. The van der Waals surface area contributed by atoms with Crippen LogP contribution in [0.2, 0.25) is 5.02 Å². The van der Waals surface area contributed by atoms with Gasteiger partial charge < -0.3 is 10.2 Å². The van der Waals surface area contributed by atoms with E-state index in [0.29, 0.717) is 12.0 Å². The molecule has 0 aromatic heterocycles. The van der Waals surface area contributed by atoms with Crippen molar-refractivity contribution in [2.24, 2.45) is 5.92 Å². The predicted molar refractivity (Wildman–Crippen MR) is 87.2 cm³/mol. The summed E-state index contributed by atoms with van der Waals surface area (Å²) in [6, 6.07) is 6.81. The molecule has 0 amide bonds. The van der Waals surface area contributed by atoms with E-state index in [4.69, 9.17) is 11.6 Å². The molecular formula is C15H22BrClN2. The van der Waals surface area contributed by atoms with Gasteiger partial charge in [0.05, 0.1) is 5.02 Å². The van der Waals surface area contributed by atoms with Crippen molar-refractivity contribution in [3.05, 3.63) is 27.7 Å². The Bertz CT molecular complexity index is 425. The molecule has 1 fully saturated rings. The number of halogens is 2. The maximum Gasteiger partial charge on any atom is 0.0568 e. The molecule has 1 aliphatic rings. The zero-order valence-electron chi connectivity index (χ0n) is 11.6. The van der Waals surface area contributed by atoms with Crippen LogP contribution in [0.25, 0.3) is 0 Å². The number of hydrogen-bond acceptors (Lipinski definition) is 2. The quantitative estimate of drug-likeness (QED) is 0.878. The summed E-state index contributed by atoms with van der Waals surface area (Å²) < 4.78 is 0.962. The molecule has 2 unspecified atom stereocenters. The van der Waals surface area contributed by atoms with Crippen molar-refractivity contribution in [3.63, 3.8) is 0 Å². The van der Waals surface area contributed by atoms with Gasteiger partial charge in [0.1, 0.15) is 0 Å². The lowest BCUT2D eigenvalue weighted by atomic mass is 9.99. The van der Waals surface area contributed by atoms with E-state index in [-0.39, 0.29) is 0 Å². The molecule has 1 aromatic rings. The monoisotopic (exact) mass is 344 g/mol. The summed E-state index contributed by atoms with van der Waals surface area (Å²) in [6.45, 7) is 7.86. The van der Waals surface area contributed by atoms with Gasteiger partial charge in [0.2, 0.25) is 0 Å². The molecule has 1 aliphatic heterocycles. The highest BCUT2D eigenvalue weighted by Gasteiger charge is 2.22. The number of anilines is 1. The molecule has 0 bridgehead atoms. The van der Waals surface area contributed by atoms with Gasteiger partial charge in [-0.1, -0.05) is 31.9 Å². The van der Waals surface area contributed by atoms with E-state index in [2.05, 4.69) is 52.1 Å². The molecule has 0 aliphatic carbocycles. The predicted octanol–water partition coefficient (Wildman–Crippen LogP) is 4.32. The van der Waals surface area contributed by atoms with Crippen LogP contribution in [0, 0.1) is 5.92 Å². The fourth-order valence-electron chi connectivity index (χ4n) is 2.53. The lowest BCUT2D eigenvalue weighted by molar-refractivity contribution is 0.384. The highest BCUT2D eigenvalue weighted by molar-refractivity contribution is 9.10. The lowest BCUT2D eigenvalue weighted by Crippen LogP contribution is -2.42.